The number of benzene rings is 1. The van der Waals surface area contributed by atoms with E-state index in [1.165, 1.54) is 24.3 Å². The molecule has 1 unspecified atom stereocenters. The maximum atomic E-state index is 13.3. The molecule has 1 saturated heterocycles. The van der Waals surface area contributed by atoms with Crippen LogP contribution in [0, 0.1) is 0 Å². The summed E-state index contributed by atoms with van der Waals surface area (Å²) in [5.74, 6) is -0.634. The molecule has 3 N–H and O–H groups in total. The first-order valence-electron chi connectivity index (χ1n) is 8.25. The van der Waals surface area contributed by atoms with Crippen molar-refractivity contribution in [3.63, 3.8) is 0 Å². The van der Waals surface area contributed by atoms with Crippen molar-refractivity contribution in [3.05, 3.63) is 51.9 Å². The Morgan fingerprint density at radius 2 is 2.00 bits per heavy atom. The monoisotopic (exact) mass is 382 g/mol. The molecule has 0 bridgehead atoms. The third kappa shape index (κ3) is 4.30. The van der Waals surface area contributed by atoms with Crippen LogP contribution in [0.25, 0.3) is 11.1 Å². The van der Waals surface area contributed by atoms with Gasteiger partial charge >= 0.3 is 6.18 Å². The minimum absolute atomic E-state index is 0.0128. The van der Waals surface area contributed by atoms with Crippen LogP contribution in [0.5, 0.6) is 5.75 Å². The minimum atomic E-state index is -4.81. The molecule has 9 heteroatoms. The molecule has 0 radical (unpaired) electrons. The first-order chi connectivity index (χ1) is 12.8. The maximum Gasteiger partial charge on any atom is 0.431 e. The second kappa shape index (κ2) is 7.43. The lowest BCUT2D eigenvalue weighted by atomic mass is 10.0. The Kier molecular flexibility index (Phi) is 5.22. The predicted octanol–water partition coefficient (Wildman–Crippen LogP) is 2.72. The molecule has 0 aliphatic carbocycles. The van der Waals surface area contributed by atoms with Crippen molar-refractivity contribution in [1.82, 2.24) is 4.98 Å². The molecule has 1 aromatic heterocycles. The smallest absolute Gasteiger partial charge is 0.431 e. The number of alkyl halides is 3. The third-order valence-corrected chi connectivity index (χ3v) is 4.22. The number of nitrogens with one attached hydrogen (secondary N) is 1. The van der Waals surface area contributed by atoms with Gasteiger partial charge in [-0.05, 0) is 36.6 Å². The zero-order chi connectivity index (χ0) is 19.6. The molecule has 144 valence electrons. The molecule has 1 atom stereocenters. The lowest BCUT2D eigenvalue weighted by molar-refractivity contribution is -0.140. The number of aromatic nitrogens is 1. The van der Waals surface area contributed by atoms with Crippen LogP contribution in [0.2, 0.25) is 0 Å². The van der Waals surface area contributed by atoms with Crippen LogP contribution in [-0.4, -0.2) is 30.2 Å². The number of rotatable bonds is 5. The summed E-state index contributed by atoms with van der Waals surface area (Å²) in [5, 5.41) is 0. The lowest BCUT2D eigenvalue weighted by Crippen LogP contribution is -2.27. The van der Waals surface area contributed by atoms with Gasteiger partial charge in [-0.3, -0.25) is 9.59 Å². The maximum absolute atomic E-state index is 13.3. The lowest BCUT2D eigenvalue weighted by Gasteiger charge is -2.15. The molecule has 0 spiro atoms. The Morgan fingerprint density at radius 1 is 1.30 bits per heavy atom. The number of carbonyl (C=O) groups excluding carboxylic acids is 1. The highest BCUT2D eigenvalue weighted by Crippen LogP contribution is 2.35. The fraction of sp³-hybridized carbons (Fsp3) is 0.333. The average Bonchev–Trinajstić information content (AvgIpc) is 3.13. The Labute approximate surface area is 152 Å². The molecule has 2 aromatic rings. The van der Waals surface area contributed by atoms with E-state index in [-0.39, 0.29) is 17.2 Å². The number of hydrogen-bond donors (Lipinski definition) is 2. The molecule has 27 heavy (non-hydrogen) atoms. The van der Waals surface area contributed by atoms with E-state index in [1.54, 1.807) is 4.98 Å². The zero-order valence-electron chi connectivity index (χ0n) is 14.1. The Balaban J connectivity index is 1.91. The second-order valence-electron chi connectivity index (χ2n) is 6.13. The highest BCUT2D eigenvalue weighted by atomic mass is 19.4. The van der Waals surface area contributed by atoms with Gasteiger partial charge in [0.15, 0.2) is 0 Å². The van der Waals surface area contributed by atoms with Crippen molar-refractivity contribution in [3.8, 4) is 16.9 Å². The minimum Gasteiger partial charge on any atom is -0.491 e. The summed E-state index contributed by atoms with van der Waals surface area (Å²) in [7, 11) is 0. The first kappa shape index (κ1) is 19.0. The normalized spacial score (nSPS) is 17.1. The van der Waals surface area contributed by atoms with Crippen molar-refractivity contribution in [2.45, 2.75) is 25.1 Å². The molecule has 0 saturated carbocycles. The predicted molar refractivity (Wildman–Crippen MR) is 90.5 cm³/mol. The van der Waals surface area contributed by atoms with Gasteiger partial charge < -0.3 is 20.2 Å². The molecule has 6 nitrogen and oxygen atoms in total. The topological polar surface area (TPSA) is 94.4 Å². The average molecular weight is 382 g/mol. The zero-order valence-corrected chi connectivity index (χ0v) is 14.1. The number of carbonyl (C=O) groups is 1. The Hall–Kier alpha value is -2.81. The van der Waals surface area contributed by atoms with Gasteiger partial charge in [-0.1, -0.05) is 12.1 Å². The number of halogens is 3. The fourth-order valence-corrected chi connectivity index (χ4v) is 2.86. The molecule has 1 amide bonds. The van der Waals surface area contributed by atoms with Gasteiger partial charge in [-0.2, -0.15) is 13.2 Å². The Morgan fingerprint density at radius 3 is 2.56 bits per heavy atom. The molecule has 1 aliphatic heterocycles. The largest absolute Gasteiger partial charge is 0.491 e. The van der Waals surface area contributed by atoms with E-state index in [0.717, 1.165) is 18.9 Å². The summed E-state index contributed by atoms with van der Waals surface area (Å²) in [6.07, 6.45) is -2.92. The van der Waals surface area contributed by atoms with Gasteiger partial charge in [0.1, 0.15) is 23.6 Å². The van der Waals surface area contributed by atoms with Gasteiger partial charge in [0.05, 0.1) is 6.10 Å². The van der Waals surface area contributed by atoms with E-state index in [2.05, 4.69) is 0 Å². The van der Waals surface area contributed by atoms with Crippen LogP contribution >= 0.6 is 0 Å². The number of nitrogens with two attached hydrogens (primary N) is 1. The number of primary amides is 1. The summed E-state index contributed by atoms with van der Waals surface area (Å²) in [4.78, 5) is 24.7. The first-order valence-corrected chi connectivity index (χ1v) is 8.25. The number of pyridine rings is 1. The highest BCUT2D eigenvalue weighted by Gasteiger charge is 2.36. The number of aromatic amines is 1. The van der Waals surface area contributed by atoms with Crippen molar-refractivity contribution >= 4 is 5.91 Å². The quantitative estimate of drug-likeness (QED) is 0.831. The van der Waals surface area contributed by atoms with E-state index >= 15 is 0 Å². The fourth-order valence-electron chi connectivity index (χ4n) is 2.86. The van der Waals surface area contributed by atoms with E-state index in [4.69, 9.17) is 15.2 Å². The molecule has 1 aliphatic rings. The number of H-pyrrole nitrogens is 1. The van der Waals surface area contributed by atoms with Crippen LogP contribution in [0.15, 0.2) is 35.1 Å². The standard InChI is InChI=1S/C18H17F3N2O4/c19-18(20,21)15-13(8-14(16(22)24)17(25)23-15)10-3-5-11(6-4-10)27-9-12-2-1-7-26-12/h3-6,8,12H,1-2,7,9H2,(H2,22,24)(H,23,25). The van der Waals surface area contributed by atoms with E-state index in [0.29, 0.717) is 19.0 Å². The van der Waals surface area contributed by atoms with Crippen molar-refractivity contribution in [1.29, 1.82) is 0 Å². The summed E-state index contributed by atoms with van der Waals surface area (Å²) in [6.45, 7) is 1.05. The van der Waals surface area contributed by atoms with E-state index < -0.39 is 28.9 Å². The van der Waals surface area contributed by atoms with Gasteiger partial charge in [0.2, 0.25) is 0 Å². The third-order valence-electron chi connectivity index (χ3n) is 4.22. The summed E-state index contributed by atoms with van der Waals surface area (Å²) < 4.78 is 50.9. The summed E-state index contributed by atoms with van der Waals surface area (Å²) in [6, 6.07) is 6.71. The summed E-state index contributed by atoms with van der Waals surface area (Å²) in [5.41, 5.74) is 1.91. The van der Waals surface area contributed by atoms with Crippen molar-refractivity contribution in [2.24, 2.45) is 5.73 Å². The van der Waals surface area contributed by atoms with Crippen molar-refractivity contribution in [2.75, 3.05) is 13.2 Å². The van der Waals surface area contributed by atoms with Gasteiger partial charge in [-0.25, -0.2) is 0 Å². The molecular weight excluding hydrogens is 365 g/mol. The van der Waals surface area contributed by atoms with Gasteiger partial charge in [-0.15, -0.1) is 0 Å². The summed E-state index contributed by atoms with van der Waals surface area (Å²) >= 11 is 0. The van der Waals surface area contributed by atoms with Crippen LogP contribution in [0.4, 0.5) is 13.2 Å². The van der Waals surface area contributed by atoms with E-state index in [1.807, 2.05) is 0 Å². The molecule has 2 heterocycles. The highest BCUT2D eigenvalue weighted by molar-refractivity contribution is 5.93. The van der Waals surface area contributed by atoms with Gasteiger partial charge in [0, 0.05) is 12.2 Å². The SMILES string of the molecule is NC(=O)c1cc(-c2ccc(OCC3CCCO3)cc2)c(C(F)(F)F)[nH]c1=O. The number of amides is 1. The number of ether oxygens (including phenoxy) is 2. The van der Waals surface area contributed by atoms with Crippen LogP contribution < -0.4 is 16.0 Å². The van der Waals surface area contributed by atoms with Gasteiger partial charge in [0.25, 0.3) is 11.5 Å². The Bertz CT molecular complexity index is 885. The van der Waals surface area contributed by atoms with E-state index in [9.17, 15) is 22.8 Å². The second-order valence-corrected chi connectivity index (χ2v) is 6.13. The van der Waals surface area contributed by atoms with Crippen LogP contribution in [-0.2, 0) is 10.9 Å². The van der Waals surface area contributed by atoms with Crippen molar-refractivity contribution < 1.29 is 27.4 Å². The van der Waals surface area contributed by atoms with Crippen LogP contribution in [0.3, 0.4) is 0 Å². The van der Waals surface area contributed by atoms with Crippen LogP contribution in [0.1, 0.15) is 28.9 Å². The molecule has 1 fully saturated rings. The molecular formula is C18H17F3N2O4. The molecule has 3 rings (SSSR count). The molecule has 1 aromatic carbocycles. The number of hydrogen-bond acceptors (Lipinski definition) is 4.